The summed E-state index contributed by atoms with van der Waals surface area (Å²) < 4.78 is 25.1. The molecule has 1 saturated heterocycles. The Labute approximate surface area is 168 Å². The van der Waals surface area contributed by atoms with E-state index >= 15 is 0 Å². The van der Waals surface area contributed by atoms with Crippen LogP contribution in [0.3, 0.4) is 0 Å². The zero-order valence-electron chi connectivity index (χ0n) is 16.1. The lowest BCUT2D eigenvalue weighted by Gasteiger charge is -2.27. The van der Waals surface area contributed by atoms with E-state index in [1.807, 2.05) is 47.4 Å². The van der Waals surface area contributed by atoms with Gasteiger partial charge in [0.05, 0.1) is 18.9 Å². The summed E-state index contributed by atoms with van der Waals surface area (Å²) >= 11 is 0. The monoisotopic (exact) mass is 394 g/mol. The highest BCUT2D eigenvalue weighted by atomic mass is 19.1. The van der Waals surface area contributed by atoms with E-state index in [1.54, 1.807) is 12.1 Å². The number of rotatable bonds is 5. The van der Waals surface area contributed by atoms with Crippen molar-refractivity contribution < 1.29 is 13.7 Å². The van der Waals surface area contributed by atoms with E-state index in [0.717, 1.165) is 16.8 Å². The minimum absolute atomic E-state index is 0.225. The van der Waals surface area contributed by atoms with Gasteiger partial charge in [0.2, 0.25) is 0 Å². The third kappa shape index (κ3) is 4.81. The first-order chi connectivity index (χ1) is 14.2. The minimum Gasteiger partial charge on any atom is -0.378 e. The normalized spacial score (nSPS) is 14.9. The Morgan fingerprint density at radius 3 is 2.62 bits per heavy atom. The van der Waals surface area contributed by atoms with Crippen LogP contribution in [0.25, 0.3) is 11.1 Å². The highest BCUT2D eigenvalue weighted by Crippen LogP contribution is 2.24. The number of nitrogens with zero attached hydrogens (tertiary/aromatic N) is 3. The van der Waals surface area contributed by atoms with Gasteiger partial charge in [0, 0.05) is 24.7 Å². The average Bonchev–Trinajstić information content (AvgIpc) is 3.21. The van der Waals surface area contributed by atoms with Gasteiger partial charge in [-0.1, -0.05) is 47.6 Å². The van der Waals surface area contributed by atoms with Gasteiger partial charge in [0.25, 0.3) is 5.88 Å². The number of morpholine rings is 1. The van der Waals surface area contributed by atoms with E-state index in [-0.39, 0.29) is 5.82 Å². The summed E-state index contributed by atoms with van der Waals surface area (Å²) in [7, 11) is 0. The number of aliphatic imine (C=N–C) groups is 1. The standard InChI is InChI=1S/C22H23FN4O2/c23-20-14-16(7-9-19(20)17-4-2-1-3-5-17)6-8-18-15-21(29-26-18)25-22(24)27-10-12-28-13-11-27/h1-5,7,9,14-15H,6,8,10-13H2,(H2,24,25). The van der Waals surface area contributed by atoms with Gasteiger partial charge in [-0.15, -0.1) is 0 Å². The highest BCUT2D eigenvalue weighted by molar-refractivity contribution is 5.80. The second-order valence-electron chi connectivity index (χ2n) is 6.91. The van der Waals surface area contributed by atoms with Crippen molar-refractivity contribution in [2.24, 2.45) is 10.7 Å². The number of ether oxygens (including phenoxy) is 1. The van der Waals surface area contributed by atoms with Gasteiger partial charge in [-0.25, -0.2) is 4.39 Å². The van der Waals surface area contributed by atoms with Gasteiger partial charge in [-0.3, -0.25) is 0 Å². The molecule has 2 aromatic carbocycles. The molecule has 6 nitrogen and oxygen atoms in total. The van der Waals surface area contributed by atoms with Crippen LogP contribution in [0.2, 0.25) is 0 Å². The maximum atomic E-state index is 14.5. The maximum Gasteiger partial charge on any atom is 0.253 e. The van der Waals surface area contributed by atoms with Crippen molar-refractivity contribution in [2.45, 2.75) is 12.8 Å². The van der Waals surface area contributed by atoms with Gasteiger partial charge in [-0.2, -0.15) is 4.99 Å². The third-order valence-corrected chi connectivity index (χ3v) is 4.89. The van der Waals surface area contributed by atoms with Crippen molar-refractivity contribution in [1.82, 2.24) is 10.1 Å². The number of aryl methyl sites for hydroxylation is 2. The molecule has 4 rings (SSSR count). The Hall–Kier alpha value is -3.19. The molecule has 1 fully saturated rings. The molecule has 0 unspecified atom stereocenters. The maximum absolute atomic E-state index is 14.5. The molecule has 0 atom stereocenters. The van der Waals surface area contributed by atoms with Crippen LogP contribution in [0.1, 0.15) is 11.3 Å². The molecule has 1 aromatic heterocycles. The van der Waals surface area contributed by atoms with Gasteiger partial charge in [0.1, 0.15) is 5.82 Å². The van der Waals surface area contributed by atoms with Crippen molar-refractivity contribution in [3.05, 3.63) is 71.7 Å². The molecule has 0 spiro atoms. The first-order valence-corrected chi connectivity index (χ1v) is 9.65. The summed E-state index contributed by atoms with van der Waals surface area (Å²) in [4.78, 5) is 6.24. The fourth-order valence-electron chi connectivity index (χ4n) is 3.29. The molecule has 1 aliphatic rings. The van der Waals surface area contributed by atoms with E-state index in [4.69, 9.17) is 15.0 Å². The summed E-state index contributed by atoms with van der Waals surface area (Å²) in [5, 5.41) is 4.04. The quantitative estimate of drug-likeness (QED) is 0.529. The molecule has 3 aromatic rings. The molecule has 0 radical (unpaired) electrons. The molecule has 0 aliphatic carbocycles. The fourth-order valence-corrected chi connectivity index (χ4v) is 3.29. The van der Waals surface area contributed by atoms with Crippen LogP contribution in [-0.4, -0.2) is 42.3 Å². The molecule has 29 heavy (non-hydrogen) atoms. The van der Waals surface area contributed by atoms with Crippen LogP contribution in [0.4, 0.5) is 10.3 Å². The van der Waals surface area contributed by atoms with Crippen LogP contribution in [0.15, 0.2) is 64.1 Å². The molecule has 0 saturated carbocycles. The average molecular weight is 394 g/mol. The van der Waals surface area contributed by atoms with Gasteiger partial charge in [-0.05, 0) is 30.0 Å². The summed E-state index contributed by atoms with van der Waals surface area (Å²) in [6.45, 7) is 2.69. The van der Waals surface area contributed by atoms with Crippen molar-refractivity contribution in [2.75, 3.05) is 26.3 Å². The van der Waals surface area contributed by atoms with Crippen LogP contribution >= 0.6 is 0 Å². The predicted octanol–water partition coefficient (Wildman–Crippen LogP) is 3.54. The van der Waals surface area contributed by atoms with Gasteiger partial charge >= 0.3 is 0 Å². The summed E-state index contributed by atoms with van der Waals surface area (Å²) in [6, 6.07) is 16.6. The van der Waals surface area contributed by atoms with Crippen molar-refractivity contribution in [3.8, 4) is 11.1 Å². The first kappa shape index (κ1) is 19.1. The Morgan fingerprint density at radius 1 is 1.07 bits per heavy atom. The van der Waals surface area contributed by atoms with Crippen molar-refractivity contribution in [1.29, 1.82) is 0 Å². The zero-order valence-corrected chi connectivity index (χ0v) is 16.1. The molecule has 7 heteroatoms. The molecule has 150 valence electrons. The lowest BCUT2D eigenvalue weighted by atomic mass is 10.0. The summed E-state index contributed by atoms with van der Waals surface area (Å²) in [6.07, 6.45) is 1.28. The van der Waals surface area contributed by atoms with Crippen molar-refractivity contribution in [3.63, 3.8) is 0 Å². The molecule has 2 heterocycles. The second-order valence-corrected chi connectivity index (χ2v) is 6.91. The minimum atomic E-state index is -0.225. The Bertz CT molecular complexity index is 981. The predicted molar refractivity (Wildman–Crippen MR) is 109 cm³/mol. The smallest absolute Gasteiger partial charge is 0.253 e. The Balaban J connectivity index is 1.38. The van der Waals surface area contributed by atoms with Gasteiger partial charge < -0.3 is 19.9 Å². The van der Waals surface area contributed by atoms with E-state index in [0.29, 0.717) is 56.6 Å². The molecule has 0 bridgehead atoms. The summed E-state index contributed by atoms with van der Waals surface area (Å²) in [5.74, 6) is 0.543. The van der Waals surface area contributed by atoms with Crippen molar-refractivity contribution >= 4 is 11.8 Å². The number of halogens is 1. The fraction of sp³-hybridized carbons (Fsp3) is 0.273. The molecule has 0 amide bonds. The van der Waals surface area contributed by atoms with E-state index in [2.05, 4.69) is 10.1 Å². The number of guanidine groups is 1. The van der Waals surface area contributed by atoms with Crippen LogP contribution < -0.4 is 5.73 Å². The number of hydrogen-bond donors (Lipinski definition) is 1. The lowest BCUT2D eigenvalue weighted by Crippen LogP contribution is -2.44. The highest BCUT2D eigenvalue weighted by Gasteiger charge is 2.14. The van der Waals surface area contributed by atoms with E-state index in [9.17, 15) is 4.39 Å². The topological polar surface area (TPSA) is 76.9 Å². The molecule has 2 N–H and O–H groups in total. The molecular weight excluding hydrogens is 371 g/mol. The molecular formula is C22H23FN4O2. The number of nitrogens with two attached hydrogens (primary N) is 1. The zero-order chi connectivity index (χ0) is 20.1. The lowest BCUT2D eigenvalue weighted by molar-refractivity contribution is 0.0675. The Kier molecular flexibility index (Phi) is 5.86. The van der Waals surface area contributed by atoms with Gasteiger partial charge in [0.15, 0.2) is 5.96 Å². The number of hydrogen-bond acceptors (Lipinski definition) is 4. The van der Waals surface area contributed by atoms with E-state index in [1.165, 1.54) is 0 Å². The molecule has 1 aliphatic heterocycles. The number of benzene rings is 2. The van der Waals surface area contributed by atoms with Crippen LogP contribution in [-0.2, 0) is 17.6 Å². The van der Waals surface area contributed by atoms with Crippen LogP contribution in [0, 0.1) is 5.82 Å². The Morgan fingerprint density at radius 2 is 1.86 bits per heavy atom. The second kappa shape index (κ2) is 8.87. The van der Waals surface area contributed by atoms with Crippen LogP contribution in [0.5, 0.6) is 0 Å². The SMILES string of the molecule is NC(=Nc1cc(CCc2ccc(-c3ccccc3)c(F)c2)no1)N1CCOCC1. The third-order valence-electron chi connectivity index (χ3n) is 4.89. The van der Waals surface area contributed by atoms with E-state index < -0.39 is 0 Å². The first-order valence-electron chi connectivity index (χ1n) is 9.65. The largest absolute Gasteiger partial charge is 0.378 e. The number of aromatic nitrogens is 1. The summed E-state index contributed by atoms with van der Waals surface area (Å²) in [5.41, 5.74) is 9.16.